The maximum Gasteiger partial charge on any atom is 0.0713 e. The van der Waals surface area contributed by atoms with Crippen LogP contribution in [0.4, 0.5) is 0 Å². The van der Waals surface area contributed by atoms with Crippen LogP contribution in [0, 0.1) is 11.3 Å². The zero-order chi connectivity index (χ0) is 10.6. The third-order valence-electron chi connectivity index (χ3n) is 2.08. The summed E-state index contributed by atoms with van der Waals surface area (Å²) >= 11 is 11.7. The average molecular weight is 228 g/mol. The predicted octanol–water partition coefficient (Wildman–Crippen LogP) is 4.40. The first-order valence-corrected chi connectivity index (χ1v) is 5.29. The summed E-state index contributed by atoms with van der Waals surface area (Å²) in [6.07, 6.45) is 1.84. The van der Waals surface area contributed by atoms with E-state index in [1.807, 2.05) is 6.07 Å². The highest BCUT2D eigenvalue weighted by Gasteiger charge is 2.10. The van der Waals surface area contributed by atoms with Gasteiger partial charge in [-0.25, -0.2) is 0 Å². The monoisotopic (exact) mass is 227 g/mol. The molecule has 0 heterocycles. The van der Waals surface area contributed by atoms with E-state index in [1.54, 1.807) is 12.1 Å². The number of nitrogens with zero attached hydrogens (tertiary/aromatic N) is 1. The van der Waals surface area contributed by atoms with E-state index < -0.39 is 0 Å². The average Bonchev–Trinajstić information content (AvgIpc) is 2.19. The topological polar surface area (TPSA) is 23.8 Å². The van der Waals surface area contributed by atoms with E-state index in [1.165, 1.54) is 0 Å². The van der Waals surface area contributed by atoms with Gasteiger partial charge in [-0.1, -0.05) is 42.6 Å². The second-order valence-corrected chi connectivity index (χ2v) is 3.96. The maximum absolute atomic E-state index is 8.94. The van der Waals surface area contributed by atoms with Crippen LogP contribution >= 0.6 is 23.2 Å². The van der Waals surface area contributed by atoms with Crippen molar-refractivity contribution in [3.8, 4) is 6.07 Å². The normalized spacial score (nSPS) is 12.1. The van der Waals surface area contributed by atoms with Gasteiger partial charge in [-0.3, -0.25) is 0 Å². The molecule has 0 saturated carbocycles. The molecule has 0 bridgehead atoms. The lowest BCUT2D eigenvalue weighted by Crippen LogP contribution is -1.94. The van der Waals surface area contributed by atoms with Gasteiger partial charge in [0.1, 0.15) is 0 Å². The Bertz CT molecular complexity index is 355. The van der Waals surface area contributed by atoms with Gasteiger partial charge in [0, 0.05) is 0 Å². The highest BCUT2D eigenvalue weighted by molar-refractivity contribution is 6.42. The summed E-state index contributed by atoms with van der Waals surface area (Å²) in [4.78, 5) is 0. The lowest BCUT2D eigenvalue weighted by atomic mass is 9.96. The molecule has 1 unspecified atom stereocenters. The van der Waals surface area contributed by atoms with Crippen molar-refractivity contribution in [2.75, 3.05) is 0 Å². The summed E-state index contributed by atoms with van der Waals surface area (Å²) < 4.78 is 0. The van der Waals surface area contributed by atoms with E-state index in [9.17, 15) is 0 Å². The minimum atomic E-state index is -0.0743. The summed E-state index contributed by atoms with van der Waals surface area (Å²) in [7, 11) is 0. The van der Waals surface area contributed by atoms with Crippen LogP contribution in [-0.2, 0) is 0 Å². The Morgan fingerprint density at radius 3 is 2.57 bits per heavy atom. The van der Waals surface area contributed by atoms with Gasteiger partial charge in [0.15, 0.2) is 0 Å². The maximum atomic E-state index is 8.94. The van der Waals surface area contributed by atoms with Crippen molar-refractivity contribution in [2.45, 2.75) is 25.7 Å². The minimum Gasteiger partial charge on any atom is -0.198 e. The third-order valence-corrected chi connectivity index (χ3v) is 2.82. The molecule has 0 aliphatic carbocycles. The number of halogens is 2. The van der Waals surface area contributed by atoms with Gasteiger partial charge in [0.05, 0.1) is 22.0 Å². The van der Waals surface area contributed by atoms with Crippen LogP contribution in [0.1, 0.15) is 31.2 Å². The molecule has 0 N–H and O–H groups in total. The lowest BCUT2D eigenvalue weighted by Gasteiger charge is -2.08. The van der Waals surface area contributed by atoms with E-state index in [0.717, 1.165) is 18.4 Å². The molecule has 3 heteroatoms. The largest absolute Gasteiger partial charge is 0.198 e. The zero-order valence-electron chi connectivity index (χ0n) is 7.93. The molecule has 1 aromatic carbocycles. The smallest absolute Gasteiger partial charge is 0.0713 e. The molecule has 0 fully saturated rings. The summed E-state index contributed by atoms with van der Waals surface area (Å²) in [6.45, 7) is 2.06. The SMILES string of the molecule is CCCC(C#N)c1ccc(Cl)c(Cl)c1. The second kappa shape index (κ2) is 5.24. The number of hydrogen-bond donors (Lipinski definition) is 0. The molecule has 1 aromatic rings. The standard InChI is InChI=1S/C11H11Cl2N/c1-2-3-9(7-14)8-4-5-10(12)11(13)6-8/h4-6,9H,2-3H2,1H3. The van der Waals surface area contributed by atoms with Gasteiger partial charge >= 0.3 is 0 Å². The van der Waals surface area contributed by atoms with Crippen molar-refractivity contribution in [2.24, 2.45) is 0 Å². The molecule has 0 spiro atoms. The van der Waals surface area contributed by atoms with Crippen LogP contribution in [-0.4, -0.2) is 0 Å². The van der Waals surface area contributed by atoms with Crippen LogP contribution in [0.5, 0.6) is 0 Å². The summed E-state index contributed by atoms with van der Waals surface area (Å²) in [5.74, 6) is -0.0743. The Balaban J connectivity index is 2.95. The van der Waals surface area contributed by atoms with Crippen molar-refractivity contribution in [3.05, 3.63) is 33.8 Å². The molecule has 0 saturated heterocycles. The molecule has 74 valence electrons. The van der Waals surface area contributed by atoms with Gasteiger partial charge in [-0.2, -0.15) is 5.26 Å². The van der Waals surface area contributed by atoms with Gasteiger partial charge in [0.25, 0.3) is 0 Å². The van der Waals surface area contributed by atoms with E-state index in [0.29, 0.717) is 10.0 Å². The number of hydrogen-bond acceptors (Lipinski definition) is 1. The first-order valence-electron chi connectivity index (χ1n) is 4.53. The van der Waals surface area contributed by atoms with Crippen LogP contribution < -0.4 is 0 Å². The van der Waals surface area contributed by atoms with Gasteiger partial charge in [-0.15, -0.1) is 0 Å². The molecule has 0 aromatic heterocycles. The van der Waals surface area contributed by atoms with Gasteiger partial charge in [0.2, 0.25) is 0 Å². The molecule has 0 aliphatic heterocycles. The van der Waals surface area contributed by atoms with Crippen LogP contribution in [0.3, 0.4) is 0 Å². The fraction of sp³-hybridized carbons (Fsp3) is 0.364. The minimum absolute atomic E-state index is 0.0743. The van der Waals surface area contributed by atoms with Gasteiger partial charge < -0.3 is 0 Å². The molecular formula is C11H11Cl2N. The fourth-order valence-corrected chi connectivity index (χ4v) is 1.63. The van der Waals surface area contributed by atoms with Crippen molar-refractivity contribution < 1.29 is 0 Å². The molecule has 0 aliphatic rings. The second-order valence-electron chi connectivity index (χ2n) is 3.14. The predicted molar refractivity (Wildman–Crippen MR) is 59.7 cm³/mol. The molecule has 14 heavy (non-hydrogen) atoms. The summed E-state index contributed by atoms with van der Waals surface area (Å²) in [6, 6.07) is 7.63. The summed E-state index contributed by atoms with van der Waals surface area (Å²) in [5.41, 5.74) is 0.948. The number of nitriles is 1. The highest BCUT2D eigenvalue weighted by atomic mass is 35.5. The van der Waals surface area contributed by atoms with E-state index in [2.05, 4.69) is 13.0 Å². The third kappa shape index (κ3) is 2.64. The van der Waals surface area contributed by atoms with E-state index >= 15 is 0 Å². The fourth-order valence-electron chi connectivity index (χ4n) is 1.32. The summed E-state index contributed by atoms with van der Waals surface area (Å²) in [5, 5.41) is 9.99. The van der Waals surface area contributed by atoms with Gasteiger partial charge in [-0.05, 0) is 24.1 Å². The number of benzene rings is 1. The number of rotatable bonds is 3. The van der Waals surface area contributed by atoms with Crippen molar-refractivity contribution in [1.29, 1.82) is 5.26 Å². The first kappa shape index (κ1) is 11.4. The molecular weight excluding hydrogens is 217 g/mol. The Kier molecular flexibility index (Phi) is 4.25. The zero-order valence-corrected chi connectivity index (χ0v) is 9.44. The van der Waals surface area contributed by atoms with Crippen LogP contribution in [0.15, 0.2) is 18.2 Å². The highest BCUT2D eigenvalue weighted by Crippen LogP contribution is 2.28. The Hall–Kier alpha value is -0.710. The van der Waals surface area contributed by atoms with Crippen molar-refractivity contribution >= 4 is 23.2 Å². The molecule has 1 rings (SSSR count). The van der Waals surface area contributed by atoms with Crippen LogP contribution in [0.2, 0.25) is 10.0 Å². The lowest BCUT2D eigenvalue weighted by molar-refractivity contribution is 0.727. The molecule has 0 radical (unpaired) electrons. The Morgan fingerprint density at radius 2 is 2.07 bits per heavy atom. The Labute approximate surface area is 94.3 Å². The first-order chi connectivity index (χ1) is 6.69. The molecule has 1 nitrogen and oxygen atoms in total. The quantitative estimate of drug-likeness (QED) is 0.752. The molecule has 1 atom stereocenters. The van der Waals surface area contributed by atoms with Crippen LogP contribution in [0.25, 0.3) is 0 Å². The van der Waals surface area contributed by atoms with E-state index in [-0.39, 0.29) is 5.92 Å². The van der Waals surface area contributed by atoms with E-state index in [4.69, 9.17) is 28.5 Å². The van der Waals surface area contributed by atoms with Crippen molar-refractivity contribution in [1.82, 2.24) is 0 Å². The molecule has 0 amide bonds. The Morgan fingerprint density at radius 1 is 1.36 bits per heavy atom. The van der Waals surface area contributed by atoms with Crippen molar-refractivity contribution in [3.63, 3.8) is 0 Å².